The molecule has 1 aromatic rings. The highest BCUT2D eigenvalue weighted by atomic mass is 16.1. The van der Waals surface area contributed by atoms with E-state index in [1.54, 1.807) is 19.1 Å². The third-order valence-corrected chi connectivity index (χ3v) is 4.42. The van der Waals surface area contributed by atoms with Gasteiger partial charge in [-0.3, -0.25) is 9.59 Å². The van der Waals surface area contributed by atoms with Crippen LogP contribution in [0.4, 0.5) is 0 Å². The van der Waals surface area contributed by atoms with Crippen LogP contribution in [-0.2, 0) is 9.59 Å². The number of rotatable bonds is 2. The lowest BCUT2D eigenvalue weighted by molar-refractivity contribution is -0.112. The van der Waals surface area contributed by atoms with Gasteiger partial charge in [-0.15, -0.1) is 0 Å². The minimum atomic E-state index is -0.422. The first kappa shape index (κ1) is 15.5. The molecule has 1 aliphatic heterocycles. The Morgan fingerprint density at radius 1 is 1.09 bits per heavy atom. The second-order valence-corrected chi connectivity index (χ2v) is 6.97. The normalized spacial score (nSPS) is 23.0. The van der Waals surface area contributed by atoms with Crippen molar-refractivity contribution in [2.75, 3.05) is 0 Å². The first-order chi connectivity index (χ1) is 10.8. The number of nitrogens with one attached hydrogen (secondary N) is 1. The number of Topliss-reactive ketones (excluding diaryl/α,β-unsaturated/α-hetero) is 1. The Kier molecular flexibility index (Phi) is 3.59. The van der Waals surface area contributed by atoms with Gasteiger partial charge in [0.05, 0.1) is 0 Å². The summed E-state index contributed by atoms with van der Waals surface area (Å²) in [4.78, 5) is 24.0. The molecule has 0 unspecified atom stereocenters. The molecule has 0 amide bonds. The Morgan fingerprint density at radius 2 is 1.70 bits per heavy atom. The molecule has 3 heteroatoms. The zero-order valence-electron chi connectivity index (χ0n) is 13.7. The van der Waals surface area contributed by atoms with E-state index < -0.39 is 5.41 Å². The summed E-state index contributed by atoms with van der Waals surface area (Å²) in [6.45, 7) is 5.82. The van der Waals surface area contributed by atoms with Gasteiger partial charge in [0.15, 0.2) is 11.6 Å². The molecule has 3 nitrogen and oxygen atoms in total. The summed E-state index contributed by atoms with van der Waals surface area (Å²) < 4.78 is 0. The standard InChI is InChI=1S/C20H21NO2/c1-14(22)17(15-7-5-4-6-8-15)18-20(13-19(2,3)21-18)11-9-16(23)10-12-20/h4-12,21H,13H2,1-3H3/b18-17-. The lowest BCUT2D eigenvalue weighted by Gasteiger charge is -2.26. The van der Waals surface area contributed by atoms with Crippen molar-refractivity contribution in [3.8, 4) is 0 Å². The van der Waals surface area contributed by atoms with Crippen molar-refractivity contribution in [1.82, 2.24) is 5.32 Å². The van der Waals surface area contributed by atoms with Gasteiger partial charge in [0.2, 0.25) is 0 Å². The van der Waals surface area contributed by atoms with Crippen molar-refractivity contribution in [3.63, 3.8) is 0 Å². The van der Waals surface area contributed by atoms with Gasteiger partial charge in [-0.25, -0.2) is 0 Å². The van der Waals surface area contributed by atoms with Crippen molar-refractivity contribution in [2.24, 2.45) is 5.41 Å². The third-order valence-electron chi connectivity index (χ3n) is 4.42. The van der Waals surface area contributed by atoms with Crippen molar-refractivity contribution in [3.05, 3.63) is 65.9 Å². The Balaban J connectivity index is 2.24. The summed E-state index contributed by atoms with van der Waals surface area (Å²) >= 11 is 0. The van der Waals surface area contributed by atoms with Crippen molar-refractivity contribution in [1.29, 1.82) is 0 Å². The molecule has 0 aromatic heterocycles. The SMILES string of the molecule is CC(=O)/C(=C1/NC(C)(C)CC12C=CC(=O)C=C2)c1ccccc1. The van der Waals surface area contributed by atoms with E-state index in [0.717, 1.165) is 17.7 Å². The van der Waals surface area contributed by atoms with E-state index in [0.29, 0.717) is 5.57 Å². The zero-order chi connectivity index (χ0) is 16.7. The molecular formula is C20H21NO2. The summed E-state index contributed by atoms with van der Waals surface area (Å²) in [5, 5.41) is 3.53. The molecule has 118 valence electrons. The number of carbonyl (C=O) groups excluding carboxylic acids is 2. The second kappa shape index (κ2) is 5.34. The molecule has 1 N–H and O–H groups in total. The van der Waals surface area contributed by atoms with Gasteiger partial charge in [-0.2, -0.15) is 0 Å². The predicted molar refractivity (Wildman–Crippen MR) is 91.6 cm³/mol. The average Bonchev–Trinajstić information content (AvgIpc) is 2.74. The molecule has 1 aliphatic carbocycles. The number of ketones is 2. The van der Waals surface area contributed by atoms with Crippen LogP contribution in [0, 0.1) is 5.41 Å². The number of hydrogen-bond donors (Lipinski definition) is 1. The molecule has 1 spiro atoms. The minimum Gasteiger partial charge on any atom is -0.382 e. The number of hydrogen-bond acceptors (Lipinski definition) is 3. The van der Waals surface area contributed by atoms with E-state index in [9.17, 15) is 9.59 Å². The monoisotopic (exact) mass is 307 g/mol. The predicted octanol–water partition coefficient (Wildman–Crippen LogP) is 3.44. The van der Waals surface area contributed by atoms with Gasteiger partial charge >= 0.3 is 0 Å². The lowest BCUT2D eigenvalue weighted by Crippen LogP contribution is -2.31. The van der Waals surface area contributed by atoms with Gasteiger partial charge in [-0.1, -0.05) is 42.5 Å². The fraction of sp³-hybridized carbons (Fsp3) is 0.300. The molecule has 0 atom stereocenters. The first-order valence-electron chi connectivity index (χ1n) is 7.85. The van der Waals surface area contributed by atoms with E-state index in [2.05, 4.69) is 19.2 Å². The van der Waals surface area contributed by atoms with Gasteiger partial charge in [0.25, 0.3) is 0 Å². The summed E-state index contributed by atoms with van der Waals surface area (Å²) in [7, 11) is 0. The Hall–Kier alpha value is -2.42. The third kappa shape index (κ3) is 2.79. The Labute approximate surface area is 136 Å². The van der Waals surface area contributed by atoms with Crippen LogP contribution in [0.3, 0.4) is 0 Å². The molecule has 3 rings (SSSR count). The molecule has 1 saturated heterocycles. The van der Waals surface area contributed by atoms with Crippen LogP contribution in [0.25, 0.3) is 5.57 Å². The molecule has 2 aliphatic rings. The highest BCUT2D eigenvalue weighted by Gasteiger charge is 2.46. The number of carbonyl (C=O) groups is 2. The number of allylic oxidation sites excluding steroid dienone is 4. The van der Waals surface area contributed by atoms with E-state index in [-0.39, 0.29) is 17.1 Å². The maximum Gasteiger partial charge on any atom is 0.178 e. The lowest BCUT2D eigenvalue weighted by atomic mass is 9.75. The Bertz CT molecular complexity index is 735. The first-order valence-corrected chi connectivity index (χ1v) is 7.85. The summed E-state index contributed by atoms with van der Waals surface area (Å²) in [5.41, 5.74) is 1.91. The molecular weight excluding hydrogens is 286 g/mol. The van der Waals surface area contributed by atoms with E-state index >= 15 is 0 Å². The van der Waals surface area contributed by atoms with Crippen LogP contribution in [-0.4, -0.2) is 17.1 Å². The topological polar surface area (TPSA) is 46.2 Å². The minimum absolute atomic E-state index is 0.0104. The van der Waals surface area contributed by atoms with E-state index in [1.165, 1.54) is 0 Å². The fourth-order valence-electron chi connectivity index (χ4n) is 3.60. The molecule has 1 aromatic carbocycles. The van der Waals surface area contributed by atoms with E-state index in [1.807, 2.05) is 42.5 Å². The van der Waals surface area contributed by atoms with Gasteiger partial charge in [0.1, 0.15) is 0 Å². The van der Waals surface area contributed by atoms with Crippen LogP contribution in [0.5, 0.6) is 0 Å². The zero-order valence-corrected chi connectivity index (χ0v) is 13.7. The van der Waals surface area contributed by atoms with Crippen LogP contribution in [0.2, 0.25) is 0 Å². The quantitative estimate of drug-likeness (QED) is 0.851. The van der Waals surface area contributed by atoms with Gasteiger partial charge < -0.3 is 5.32 Å². The smallest absolute Gasteiger partial charge is 0.178 e. The largest absolute Gasteiger partial charge is 0.382 e. The van der Waals surface area contributed by atoms with Gasteiger partial charge in [0, 0.05) is 22.2 Å². The van der Waals surface area contributed by atoms with E-state index in [4.69, 9.17) is 0 Å². The maximum atomic E-state index is 12.4. The molecule has 0 radical (unpaired) electrons. The highest BCUT2D eigenvalue weighted by Crippen LogP contribution is 2.48. The van der Waals surface area contributed by atoms with Crippen LogP contribution < -0.4 is 5.32 Å². The number of benzene rings is 1. The molecule has 23 heavy (non-hydrogen) atoms. The molecule has 1 fully saturated rings. The molecule has 0 saturated carbocycles. The maximum absolute atomic E-state index is 12.4. The van der Waals surface area contributed by atoms with Crippen molar-refractivity contribution >= 4 is 17.1 Å². The van der Waals surface area contributed by atoms with Crippen LogP contribution in [0.1, 0.15) is 32.8 Å². The van der Waals surface area contributed by atoms with Crippen LogP contribution >= 0.6 is 0 Å². The molecule has 0 bridgehead atoms. The molecule has 1 heterocycles. The van der Waals surface area contributed by atoms with Gasteiger partial charge in [-0.05, 0) is 44.9 Å². The summed E-state index contributed by atoms with van der Waals surface area (Å²) in [6, 6.07) is 9.70. The summed E-state index contributed by atoms with van der Waals surface area (Å²) in [6.07, 6.45) is 7.87. The van der Waals surface area contributed by atoms with Crippen molar-refractivity contribution < 1.29 is 9.59 Å². The van der Waals surface area contributed by atoms with Crippen LogP contribution in [0.15, 0.2) is 60.3 Å². The van der Waals surface area contributed by atoms with Crippen molar-refractivity contribution in [2.45, 2.75) is 32.7 Å². The second-order valence-electron chi connectivity index (χ2n) is 6.97. The summed E-state index contributed by atoms with van der Waals surface area (Å²) in [5.74, 6) is 0.0123. The fourth-order valence-corrected chi connectivity index (χ4v) is 3.60. The highest BCUT2D eigenvalue weighted by molar-refractivity contribution is 6.21. The Morgan fingerprint density at radius 3 is 2.26 bits per heavy atom. The average molecular weight is 307 g/mol.